The van der Waals surface area contributed by atoms with Crippen molar-refractivity contribution in [1.82, 2.24) is 0 Å². The standard InChI is InChI=1S/C17H12N4.HI/c18-21-20-15-9-6-13(7-10-15)5-8-14-11-12-19-17-4-2-1-3-16(14)17;/h1-12H;1H. The molecule has 22 heavy (non-hydrogen) atoms. The molecule has 0 unspecified atom stereocenters. The number of hydrogen-bond acceptors (Lipinski definition) is 1. The molecule has 4 nitrogen and oxygen atoms in total. The van der Waals surface area contributed by atoms with Crippen LogP contribution in [0.4, 0.5) is 5.69 Å². The number of hydrogen-bond donors (Lipinski definition) is 0. The number of azide groups is 1. The SMILES string of the molecule is [I-].[N-]=[N+]=Nc1ccc(C=Cc2cc[nH+]c3ccccc23)cc1. The highest BCUT2D eigenvalue weighted by atomic mass is 127. The third kappa shape index (κ3) is 3.63. The first kappa shape index (κ1) is 16.0. The molecule has 3 aromatic rings. The van der Waals surface area contributed by atoms with E-state index in [0.717, 1.165) is 16.6 Å². The molecular formula is C17H13IN4. The van der Waals surface area contributed by atoms with Gasteiger partial charge in [-0.3, -0.25) is 0 Å². The Morgan fingerprint density at radius 1 is 0.955 bits per heavy atom. The predicted molar refractivity (Wildman–Crippen MR) is 84.7 cm³/mol. The molecule has 1 heterocycles. The van der Waals surface area contributed by atoms with Gasteiger partial charge in [0.2, 0.25) is 5.52 Å². The van der Waals surface area contributed by atoms with Crippen LogP contribution in [0.15, 0.2) is 65.9 Å². The van der Waals surface area contributed by atoms with E-state index in [9.17, 15) is 0 Å². The zero-order valence-electron chi connectivity index (χ0n) is 11.6. The van der Waals surface area contributed by atoms with E-state index in [1.165, 1.54) is 5.39 Å². The Balaban J connectivity index is 0.00000176. The van der Waals surface area contributed by atoms with Crippen molar-refractivity contribution in [3.63, 3.8) is 0 Å². The topological polar surface area (TPSA) is 62.9 Å². The summed E-state index contributed by atoms with van der Waals surface area (Å²) in [5.41, 5.74) is 12.3. The summed E-state index contributed by atoms with van der Waals surface area (Å²) in [6.45, 7) is 0. The maximum Gasteiger partial charge on any atom is 0.211 e. The molecule has 0 fully saturated rings. The van der Waals surface area contributed by atoms with Crippen LogP contribution >= 0.6 is 0 Å². The van der Waals surface area contributed by atoms with Crippen molar-refractivity contribution in [3.05, 3.63) is 82.4 Å². The quantitative estimate of drug-likeness (QED) is 0.279. The van der Waals surface area contributed by atoms with Gasteiger partial charge >= 0.3 is 0 Å². The number of pyridine rings is 1. The molecular weight excluding hydrogens is 387 g/mol. The lowest BCUT2D eigenvalue weighted by Gasteiger charge is -1.98. The number of nitrogens with one attached hydrogen (secondary N) is 1. The highest BCUT2D eigenvalue weighted by molar-refractivity contribution is 5.88. The Kier molecular flexibility index (Phi) is 5.52. The fourth-order valence-electron chi connectivity index (χ4n) is 2.21. The molecule has 0 amide bonds. The first-order chi connectivity index (χ1) is 10.4. The number of rotatable bonds is 3. The van der Waals surface area contributed by atoms with Crippen molar-refractivity contribution in [2.45, 2.75) is 0 Å². The average molecular weight is 400 g/mol. The first-order valence-electron chi connectivity index (χ1n) is 6.59. The van der Waals surface area contributed by atoms with Gasteiger partial charge in [0.15, 0.2) is 6.20 Å². The molecule has 0 aliphatic rings. The minimum Gasteiger partial charge on any atom is -1.00 e. The second-order valence-corrected chi connectivity index (χ2v) is 4.59. The van der Waals surface area contributed by atoms with Crippen LogP contribution in [-0.2, 0) is 0 Å². The summed E-state index contributed by atoms with van der Waals surface area (Å²) >= 11 is 0. The molecule has 0 aliphatic heterocycles. The number of halogens is 1. The van der Waals surface area contributed by atoms with Gasteiger partial charge in [0.05, 0.1) is 5.39 Å². The smallest absolute Gasteiger partial charge is 0.211 e. The minimum absolute atomic E-state index is 0. The zero-order valence-corrected chi connectivity index (χ0v) is 13.8. The van der Waals surface area contributed by atoms with Crippen LogP contribution in [0.1, 0.15) is 11.1 Å². The second-order valence-electron chi connectivity index (χ2n) is 4.59. The van der Waals surface area contributed by atoms with Gasteiger partial charge in [0, 0.05) is 22.7 Å². The molecule has 0 saturated heterocycles. The molecule has 1 aromatic heterocycles. The summed E-state index contributed by atoms with van der Waals surface area (Å²) < 4.78 is 0. The van der Waals surface area contributed by atoms with Gasteiger partial charge in [-0.2, -0.15) is 0 Å². The normalized spacial score (nSPS) is 10.2. The van der Waals surface area contributed by atoms with E-state index in [0.29, 0.717) is 5.69 Å². The lowest BCUT2D eigenvalue weighted by Crippen LogP contribution is -3.00. The molecule has 108 valence electrons. The van der Waals surface area contributed by atoms with E-state index in [1.807, 2.05) is 42.6 Å². The van der Waals surface area contributed by atoms with Crippen LogP contribution in [-0.4, -0.2) is 0 Å². The largest absolute Gasteiger partial charge is 1.00 e. The monoisotopic (exact) mass is 400 g/mol. The highest BCUT2D eigenvalue weighted by Gasteiger charge is 2.02. The van der Waals surface area contributed by atoms with E-state index < -0.39 is 0 Å². The predicted octanol–water partition coefficient (Wildman–Crippen LogP) is 1.77. The Morgan fingerprint density at radius 3 is 2.50 bits per heavy atom. The average Bonchev–Trinajstić information content (AvgIpc) is 2.54. The Labute approximate surface area is 145 Å². The molecule has 3 rings (SSSR count). The Hall–Kier alpha value is -2.37. The van der Waals surface area contributed by atoms with Crippen molar-refractivity contribution >= 4 is 28.7 Å². The summed E-state index contributed by atoms with van der Waals surface area (Å²) in [5, 5.41) is 4.74. The number of aromatic nitrogens is 1. The van der Waals surface area contributed by atoms with Crippen LogP contribution < -0.4 is 29.0 Å². The maximum atomic E-state index is 8.38. The zero-order chi connectivity index (χ0) is 14.5. The molecule has 2 aromatic carbocycles. The summed E-state index contributed by atoms with van der Waals surface area (Å²) in [7, 11) is 0. The third-order valence-corrected chi connectivity index (χ3v) is 3.25. The second kappa shape index (κ2) is 7.59. The van der Waals surface area contributed by atoms with E-state index in [2.05, 4.69) is 33.2 Å². The molecule has 0 bridgehead atoms. The van der Waals surface area contributed by atoms with Crippen molar-refractivity contribution in [2.75, 3.05) is 0 Å². The fraction of sp³-hybridized carbons (Fsp3) is 0. The van der Waals surface area contributed by atoms with Crippen molar-refractivity contribution < 1.29 is 29.0 Å². The van der Waals surface area contributed by atoms with Crippen LogP contribution in [0.3, 0.4) is 0 Å². The lowest BCUT2D eigenvalue weighted by molar-refractivity contribution is -0.344. The van der Waals surface area contributed by atoms with Gasteiger partial charge in [0.25, 0.3) is 0 Å². The molecule has 0 aliphatic carbocycles. The van der Waals surface area contributed by atoms with Gasteiger partial charge in [-0.05, 0) is 22.7 Å². The molecule has 1 N–H and O–H groups in total. The number of H-pyrrole nitrogens is 1. The van der Waals surface area contributed by atoms with E-state index in [4.69, 9.17) is 5.53 Å². The first-order valence-corrected chi connectivity index (χ1v) is 6.59. The summed E-state index contributed by atoms with van der Waals surface area (Å²) in [4.78, 5) is 6.00. The van der Waals surface area contributed by atoms with Gasteiger partial charge in [-0.1, -0.05) is 53.7 Å². The summed E-state index contributed by atoms with van der Waals surface area (Å²) in [5.74, 6) is 0. The third-order valence-electron chi connectivity index (χ3n) is 3.25. The van der Waals surface area contributed by atoms with Crippen LogP contribution in [0.25, 0.3) is 33.5 Å². The number of aromatic amines is 1. The van der Waals surface area contributed by atoms with Crippen molar-refractivity contribution in [3.8, 4) is 0 Å². The Bertz CT molecular complexity index is 845. The highest BCUT2D eigenvalue weighted by Crippen LogP contribution is 2.18. The van der Waals surface area contributed by atoms with Crippen LogP contribution in [0, 0.1) is 0 Å². The lowest BCUT2D eigenvalue weighted by atomic mass is 10.1. The van der Waals surface area contributed by atoms with E-state index >= 15 is 0 Å². The molecule has 0 saturated carbocycles. The molecule has 5 heteroatoms. The van der Waals surface area contributed by atoms with Crippen molar-refractivity contribution in [1.29, 1.82) is 0 Å². The van der Waals surface area contributed by atoms with E-state index in [-0.39, 0.29) is 24.0 Å². The molecule has 0 radical (unpaired) electrons. The summed E-state index contributed by atoms with van der Waals surface area (Å²) in [6, 6.07) is 17.7. The molecule has 0 atom stereocenters. The number of para-hydroxylation sites is 1. The Morgan fingerprint density at radius 2 is 1.73 bits per heavy atom. The van der Waals surface area contributed by atoms with Crippen molar-refractivity contribution in [2.24, 2.45) is 5.11 Å². The fourth-order valence-corrected chi connectivity index (χ4v) is 2.21. The maximum absolute atomic E-state index is 8.38. The number of benzene rings is 2. The van der Waals surface area contributed by atoms with Gasteiger partial charge < -0.3 is 24.0 Å². The van der Waals surface area contributed by atoms with Gasteiger partial charge in [-0.25, -0.2) is 4.98 Å². The van der Waals surface area contributed by atoms with E-state index in [1.54, 1.807) is 12.1 Å². The number of nitrogens with zero attached hydrogens (tertiary/aromatic N) is 3. The van der Waals surface area contributed by atoms with Gasteiger partial charge in [0.1, 0.15) is 0 Å². The van der Waals surface area contributed by atoms with Gasteiger partial charge in [-0.15, -0.1) is 0 Å². The van der Waals surface area contributed by atoms with Crippen LogP contribution in [0.2, 0.25) is 0 Å². The molecule has 0 spiro atoms. The van der Waals surface area contributed by atoms with Crippen LogP contribution in [0.5, 0.6) is 0 Å². The number of fused-ring (bicyclic) bond motifs is 1. The minimum atomic E-state index is 0. The summed E-state index contributed by atoms with van der Waals surface area (Å²) in [6.07, 6.45) is 6.06.